The molecule has 0 amide bonds. The van der Waals surface area contributed by atoms with Crippen LogP contribution in [0.2, 0.25) is 0 Å². The molecule has 0 fully saturated rings. The van der Waals surface area contributed by atoms with Crippen LogP contribution in [0.15, 0.2) is 18.2 Å². The van der Waals surface area contributed by atoms with E-state index in [1.165, 1.54) is 6.07 Å². The summed E-state index contributed by atoms with van der Waals surface area (Å²) in [6.07, 6.45) is -0.159. The highest BCUT2D eigenvalue weighted by Gasteiger charge is 2.32. The third kappa shape index (κ3) is 5.39. The van der Waals surface area contributed by atoms with Gasteiger partial charge < -0.3 is 4.74 Å². The Balaban J connectivity index is 2.95. The van der Waals surface area contributed by atoms with Crippen molar-refractivity contribution in [2.75, 3.05) is 0 Å². The first-order chi connectivity index (χ1) is 9.37. The van der Waals surface area contributed by atoms with Crippen molar-refractivity contribution >= 4 is 0 Å². The van der Waals surface area contributed by atoms with Crippen LogP contribution in [0.25, 0.3) is 0 Å². The zero-order valence-electron chi connectivity index (χ0n) is 11.8. The van der Waals surface area contributed by atoms with E-state index in [-0.39, 0.29) is 5.92 Å². The lowest BCUT2D eigenvalue weighted by atomic mass is 9.89. The van der Waals surface area contributed by atoms with E-state index in [1.807, 2.05) is 6.92 Å². The van der Waals surface area contributed by atoms with Gasteiger partial charge in [0.25, 0.3) is 0 Å². The van der Waals surface area contributed by atoms with E-state index in [1.54, 1.807) is 6.07 Å². The first-order valence-electron chi connectivity index (χ1n) is 6.92. The zero-order valence-corrected chi connectivity index (χ0v) is 11.8. The largest absolute Gasteiger partial charge is 0.573 e. The van der Waals surface area contributed by atoms with Gasteiger partial charge in [-0.05, 0) is 36.5 Å². The van der Waals surface area contributed by atoms with Crippen molar-refractivity contribution in [3.05, 3.63) is 29.6 Å². The van der Waals surface area contributed by atoms with E-state index < -0.39 is 17.9 Å². The van der Waals surface area contributed by atoms with Gasteiger partial charge in [0.05, 0.1) is 0 Å². The standard InChI is InChI=1S/C15H20F4O/c1-3-5-7-11(6-4-2)12-8-9-13(16)14(10-12)20-15(17,18)19/h8-11H,3-7H2,1-2H3. The highest BCUT2D eigenvalue weighted by Crippen LogP contribution is 2.32. The summed E-state index contributed by atoms with van der Waals surface area (Å²) in [7, 11) is 0. The summed E-state index contributed by atoms with van der Waals surface area (Å²) in [5.41, 5.74) is 0.709. The predicted octanol–water partition coefficient (Wildman–Crippen LogP) is 5.80. The Morgan fingerprint density at radius 1 is 1.10 bits per heavy atom. The Hall–Kier alpha value is -1.26. The minimum atomic E-state index is -4.87. The van der Waals surface area contributed by atoms with Gasteiger partial charge in [0.1, 0.15) is 0 Å². The normalized spacial score (nSPS) is 13.3. The van der Waals surface area contributed by atoms with Gasteiger partial charge in [-0.3, -0.25) is 0 Å². The number of alkyl halides is 3. The van der Waals surface area contributed by atoms with Gasteiger partial charge in [-0.25, -0.2) is 4.39 Å². The third-order valence-electron chi connectivity index (χ3n) is 3.20. The average molecular weight is 292 g/mol. The highest BCUT2D eigenvalue weighted by molar-refractivity contribution is 5.32. The fourth-order valence-electron chi connectivity index (χ4n) is 2.25. The zero-order chi connectivity index (χ0) is 15.2. The quantitative estimate of drug-likeness (QED) is 0.577. The molecule has 0 radical (unpaired) electrons. The second-order valence-corrected chi connectivity index (χ2v) is 4.87. The Labute approximate surface area is 116 Å². The Kier molecular flexibility index (Phi) is 6.30. The van der Waals surface area contributed by atoms with Gasteiger partial charge in [-0.15, -0.1) is 13.2 Å². The number of ether oxygens (including phenoxy) is 1. The van der Waals surface area contributed by atoms with Crippen molar-refractivity contribution in [1.82, 2.24) is 0 Å². The average Bonchev–Trinajstić information content (AvgIpc) is 2.35. The number of rotatable bonds is 7. The van der Waals surface area contributed by atoms with Crippen molar-refractivity contribution in [1.29, 1.82) is 0 Å². The Morgan fingerprint density at radius 3 is 2.35 bits per heavy atom. The minimum absolute atomic E-state index is 0.149. The monoisotopic (exact) mass is 292 g/mol. The first-order valence-corrected chi connectivity index (χ1v) is 6.92. The van der Waals surface area contributed by atoms with Crippen molar-refractivity contribution in [3.8, 4) is 5.75 Å². The van der Waals surface area contributed by atoms with Gasteiger partial charge in [0.2, 0.25) is 0 Å². The molecule has 0 aromatic heterocycles. The molecule has 1 unspecified atom stereocenters. The summed E-state index contributed by atoms with van der Waals surface area (Å²) in [5.74, 6) is -1.58. The van der Waals surface area contributed by atoms with E-state index in [4.69, 9.17) is 0 Å². The molecule has 0 bridgehead atoms. The summed E-state index contributed by atoms with van der Waals surface area (Å²) in [4.78, 5) is 0. The molecule has 1 rings (SSSR count). The second-order valence-electron chi connectivity index (χ2n) is 4.87. The fraction of sp³-hybridized carbons (Fsp3) is 0.600. The lowest BCUT2D eigenvalue weighted by molar-refractivity contribution is -0.275. The van der Waals surface area contributed by atoms with Crippen LogP contribution in [-0.4, -0.2) is 6.36 Å². The lowest BCUT2D eigenvalue weighted by Crippen LogP contribution is -2.18. The van der Waals surface area contributed by atoms with Crippen molar-refractivity contribution in [3.63, 3.8) is 0 Å². The summed E-state index contributed by atoms with van der Waals surface area (Å²) in [6, 6.07) is 3.78. The third-order valence-corrected chi connectivity index (χ3v) is 3.20. The molecular formula is C15H20F4O. The van der Waals surface area contributed by atoms with E-state index in [2.05, 4.69) is 11.7 Å². The molecule has 5 heteroatoms. The van der Waals surface area contributed by atoms with Gasteiger partial charge in [-0.1, -0.05) is 39.2 Å². The summed E-state index contributed by atoms with van der Waals surface area (Å²) in [6.45, 7) is 4.08. The molecule has 0 heterocycles. The number of hydrogen-bond acceptors (Lipinski definition) is 1. The van der Waals surface area contributed by atoms with Gasteiger partial charge in [0.15, 0.2) is 11.6 Å². The van der Waals surface area contributed by atoms with Gasteiger partial charge in [0, 0.05) is 0 Å². The summed E-state index contributed by atoms with van der Waals surface area (Å²) >= 11 is 0. The van der Waals surface area contributed by atoms with E-state index >= 15 is 0 Å². The molecule has 1 aromatic carbocycles. The second kappa shape index (κ2) is 7.50. The summed E-state index contributed by atoms with van der Waals surface area (Å²) in [5, 5.41) is 0. The maximum Gasteiger partial charge on any atom is 0.573 e. The van der Waals surface area contributed by atoms with Crippen LogP contribution in [0.3, 0.4) is 0 Å². The van der Waals surface area contributed by atoms with E-state index in [0.717, 1.165) is 38.2 Å². The van der Waals surface area contributed by atoms with Crippen molar-refractivity contribution in [2.24, 2.45) is 0 Å². The predicted molar refractivity (Wildman–Crippen MR) is 70.3 cm³/mol. The first kappa shape index (κ1) is 16.8. The molecule has 20 heavy (non-hydrogen) atoms. The molecule has 0 saturated carbocycles. The van der Waals surface area contributed by atoms with Crippen molar-refractivity contribution in [2.45, 2.75) is 58.2 Å². The van der Waals surface area contributed by atoms with Crippen LogP contribution < -0.4 is 4.74 Å². The molecule has 0 aliphatic heterocycles. The van der Waals surface area contributed by atoms with Crippen LogP contribution in [-0.2, 0) is 0 Å². The smallest absolute Gasteiger partial charge is 0.403 e. The van der Waals surface area contributed by atoms with Crippen LogP contribution in [0.1, 0.15) is 57.4 Å². The molecule has 0 aliphatic rings. The molecule has 0 spiro atoms. The van der Waals surface area contributed by atoms with Crippen LogP contribution in [0, 0.1) is 5.82 Å². The molecule has 114 valence electrons. The van der Waals surface area contributed by atoms with Crippen LogP contribution >= 0.6 is 0 Å². The minimum Gasteiger partial charge on any atom is -0.403 e. The summed E-state index contributed by atoms with van der Waals surface area (Å²) < 4.78 is 53.8. The van der Waals surface area contributed by atoms with E-state index in [9.17, 15) is 17.6 Å². The van der Waals surface area contributed by atoms with Crippen molar-refractivity contribution < 1.29 is 22.3 Å². The van der Waals surface area contributed by atoms with Crippen LogP contribution in [0.4, 0.5) is 17.6 Å². The Morgan fingerprint density at radius 2 is 1.80 bits per heavy atom. The molecule has 1 nitrogen and oxygen atoms in total. The number of hydrogen-bond donors (Lipinski definition) is 0. The fourth-order valence-corrected chi connectivity index (χ4v) is 2.25. The lowest BCUT2D eigenvalue weighted by Gasteiger charge is -2.18. The topological polar surface area (TPSA) is 9.23 Å². The SMILES string of the molecule is CCCCC(CCC)c1ccc(F)c(OC(F)(F)F)c1. The molecule has 0 aliphatic carbocycles. The highest BCUT2D eigenvalue weighted by atomic mass is 19.4. The molecular weight excluding hydrogens is 272 g/mol. The molecule has 1 atom stereocenters. The van der Waals surface area contributed by atoms with Gasteiger partial charge >= 0.3 is 6.36 Å². The maximum absolute atomic E-state index is 13.4. The van der Waals surface area contributed by atoms with E-state index in [0.29, 0.717) is 5.56 Å². The van der Waals surface area contributed by atoms with Crippen LogP contribution in [0.5, 0.6) is 5.75 Å². The molecule has 0 saturated heterocycles. The van der Waals surface area contributed by atoms with Gasteiger partial charge in [-0.2, -0.15) is 0 Å². The number of halogens is 4. The molecule has 0 N–H and O–H groups in total. The Bertz CT molecular complexity index is 415. The number of unbranched alkanes of at least 4 members (excludes halogenated alkanes) is 1. The maximum atomic E-state index is 13.4. The number of benzene rings is 1. The molecule has 1 aromatic rings.